The number of para-hydroxylation sites is 1. The second-order valence-electron chi connectivity index (χ2n) is 7.86. The van der Waals surface area contributed by atoms with Crippen LogP contribution in [0.1, 0.15) is 82.1 Å². The van der Waals surface area contributed by atoms with Crippen molar-refractivity contribution in [3.05, 3.63) is 35.7 Å². The van der Waals surface area contributed by atoms with Gasteiger partial charge in [-0.25, -0.2) is 0 Å². The summed E-state index contributed by atoms with van der Waals surface area (Å²) in [5, 5.41) is 12.7. The van der Waals surface area contributed by atoms with E-state index in [4.69, 9.17) is 0 Å². The molecule has 144 valence electrons. The zero-order valence-corrected chi connectivity index (χ0v) is 17.1. The van der Waals surface area contributed by atoms with E-state index in [2.05, 4.69) is 40.0 Å². The third-order valence-electron chi connectivity index (χ3n) is 5.56. The summed E-state index contributed by atoms with van der Waals surface area (Å²) in [5.41, 5.74) is 2.12. The Labute approximate surface area is 165 Å². The van der Waals surface area contributed by atoms with E-state index >= 15 is 0 Å². The Balaban J connectivity index is 1.46. The SMILES string of the molecule is CCC(C)c1ccccc1NC(=O)C(C)Sc1nnc(C2CC2)n1C1CC1. The summed E-state index contributed by atoms with van der Waals surface area (Å²) in [7, 11) is 0. The molecule has 2 fully saturated rings. The normalized spacial score (nSPS) is 18.9. The second kappa shape index (κ2) is 7.66. The Morgan fingerprint density at radius 2 is 1.96 bits per heavy atom. The van der Waals surface area contributed by atoms with Crippen molar-refractivity contribution < 1.29 is 4.79 Å². The number of aromatic nitrogens is 3. The van der Waals surface area contributed by atoms with Crippen molar-refractivity contribution >= 4 is 23.4 Å². The van der Waals surface area contributed by atoms with Crippen molar-refractivity contribution in [1.82, 2.24) is 14.8 Å². The molecule has 1 aromatic heterocycles. The van der Waals surface area contributed by atoms with Gasteiger partial charge in [-0.2, -0.15) is 0 Å². The maximum absolute atomic E-state index is 12.8. The van der Waals surface area contributed by atoms with Gasteiger partial charge in [0.2, 0.25) is 5.91 Å². The van der Waals surface area contributed by atoms with E-state index in [0.29, 0.717) is 17.9 Å². The molecule has 0 spiro atoms. The van der Waals surface area contributed by atoms with Gasteiger partial charge in [0.05, 0.1) is 5.25 Å². The van der Waals surface area contributed by atoms with Gasteiger partial charge in [0.15, 0.2) is 5.16 Å². The highest BCUT2D eigenvalue weighted by Crippen LogP contribution is 2.46. The molecule has 1 aromatic carbocycles. The highest BCUT2D eigenvalue weighted by molar-refractivity contribution is 8.00. The Morgan fingerprint density at radius 3 is 2.63 bits per heavy atom. The minimum absolute atomic E-state index is 0.0223. The minimum atomic E-state index is -0.219. The molecule has 27 heavy (non-hydrogen) atoms. The molecule has 2 aromatic rings. The molecule has 4 rings (SSSR count). The van der Waals surface area contributed by atoms with Gasteiger partial charge in [0, 0.05) is 17.6 Å². The number of amides is 1. The number of anilines is 1. The standard InChI is InChI=1S/C21H28N4OS/c1-4-13(2)17-7-5-6-8-18(17)22-20(26)14(3)27-21-24-23-19(15-9-10-15)25(21)16-11-12-16/h5-8,13-16H,4,9-12H2,1-3H3,(H,22,26). The van der Waals surface area contributed by atoms with Crippen LogP contribution in [-0.4, -0.2) is 25.9 Å². The number of carbonyl (C=O) groups excluding carboxylic acids is 1. The second-order valence-corrected chi connectivity index (χ2v) is 9.17. The summed E-state index contributed by atoms with van der Waals surface area (Å²) in [6.45, 7) is 6.32. The number of thioether (sulfide) groups is 1. The van der Waals surface area contributed by atoms with Gasteiger partial charge in [-0.05, 0) is 56.6 Å². The molecule has 2 unspecified atom stereocenters. The third kappa shape index (κ3) is 4.05. The first-order valence-electron chi connectivity index (χ1n) is 10.1. The largest absolute Gasteiger partial charge is 0.325 e. The minimum Gasteiger partial charge on any atom is -0.325 e. The van der Waals surface area contributed by atoms with Crippen molar-refractivity contribution in [3.63, 3.8) is 0 Å². The first-order valence-corrected chi connectivity index (χ1v) is 11.0. The molecule has 0 aliphatic heterocycles. The van der Waals surface area contributed by atoms with Crippen LogP contribution in [0.4, 0.5) is 5.69 Å². The van der Waals surface area contributed by atoms with Crippen LogP contribution in [0.3, 0.4) is 0 Å². The zero-order chi connectivity index (χ0) is 19.0. The van der Waals surface area contributed by atoms with Crippen molar-refractivity contribution in [2.75, 3.05) is 5.32 Å². The van der Waals surface area contributed by atoms with Crippen LogP contribution < -0.4 is 5.32 Å². The first-order chi connectivity index (χ1) is 13.1. The molecule has 1 amide bonds. The topological polar surface area (TPSA) is 59.8 Å². The number of nitrogens with one attached hydrogen (secondary N) is 1. The zero-order valence-electron chi connectivity index (χ0n) is 16.3. The summed E-state index contributed by atoms with van der Waals surface area (Å²) >= 11 is 1.53. The molecule has 2 saturated carbocycles. The number of carbonyl (C=O) groups is 1. The van der Waals surface area contributed by atoms with Crippen molar-refractivity contribution in [2.45, 2.75) is 81.2 Å². The predicted octanol–water partition coefficient (Wildman–Crippen LogP) is 5.12. The maximum Gasteiger partial charge on any atom is 0.237 e. The Morgan fingerprint density at radius 1 is 1.22 bits per heavy atom. The quantitative estimate of drug-likeness (QED) is 0.642. The van der Waals surface area contributed by atoms with Crippen molar-refractivity contribution in [3.8, 4) is 0 Å². The highest BCUT2D eigenvalue weighted by Gasteiger charge is 2.37. The van der Waals surface area contributed by atoms with E-state index in [0.717, 1.165) is 23.1 Å². The Bertz CT molecular complexity index is 825. The molecule has 1 heterocycles. The monoisotopic (exact) mass is 384 g/mol. The van der Waals surface area contributed by atoms with Gasteiger partial charge in [-0.1, -0.05) is 43.8 Å². The van der Waals surface area contributed by atoms with E-state index < -0.39 is 0 Å². The van der Waals surface area contributed by atoms with E-state index in [1.54, 1.807) is 0 Å². The van der Waals surface area contributed by atoms with Gasteiger partial charge in [-0.15, -0.1) is 10.2 Å². The maximum atomic E-state index is 12.8. The Hall–Kier alpha value is -1.82. The van der Waals surface area contributed by atoms with Crippen LogP contribution in [-0.2, 0) is 4.79 Å². The van der Waals surface area contributed by atoms with Crippen LogP contribution in [0, 0.1) is 0 Å². The molecule has 6 heteroatoms. The van der Waals surface area contributed by atoms with Crippen LogP contribution >= 0.6 is 11.8 Å². The van der Waals surface area contributed by atoms with Crippen LogP contribution in [0.15, 0.2) is 29.4 Å². The van der Waals surface area contributed by atoms with E-state index in [9.17, 15) is 4.79 Å². The van der Waals surface area contributed by atoms with Crippen LogP contribution in [0.25, 0.3) is 0 Å². The average Bonchev–Trinajstić information content (AvgIpc) is 3.60. The summed E-state index contributed by atoms with van der Waals surface area (Å²) in [5.74, 6) is 2.16. The molecule has 0 bridgehead atoms. The van der Waals surface area contributed by atoms with Gasteiger partial charge in [-0.3, -0.25) is 4.79 Å². The van der Waals surface area contributed by atoms with E-state index in [-0.39, 0.29) is 11.2 Å². The first kappa shape index (κ1) is 18.5. The molecule has 2 aliphatic rings. The van der Waals surface area contributed by atoms with Crippen LogP contribution in [0.5, 0.6) is 0 Å². The molecular weight excluding hydrogens is 356 g/mol. The lowest BCUT2D eigenvalue weighted by molar-refractivity contribution is -0.115. The lowest BCUT2D eigenvalue weighted by Gasteiger charge is -2.18. The van der Waals surface area contributed by atoms with Crippen molar-refractivity contribution in [2.24, 2.45) is 0 Å². The number of nitrogens with zero attached hydrogens (tertiary/aromatic N) is 3. The van der Waals surface area contributed by atoms with Gasteiger partial charge in [0.1, 0.15) is 5.82 Å². The fraction of sp³-hybridized carbons (Fsp3) is 0.571. The number of hydrogen-bond acceptors (Lipinski definition) is 4. The Kier molecular flexibility index (Phi) is 5.26. The number of benzene rings is 1. The summed E-state index contributed by atoms with van der Waals surface area (Å²) in [6.07, 6.45) is 5.89. The fourth-order valence-corrected chi connectivity index (χ4v) is 4.30. The number of rotatable bonds is 8. The predicted molar refractivity (Wildman–Crippen MR) is 109 cm³/mol. The van der Waals surface area contributed by atoms with E-state index in [1.165, 1.54) is 43.0 Å². The molecule has 1 N–H and O–H groups in total. The van der Waals surface area contributed by atoms with Gasteiger partial charge < -0.3 is 9.88 Å². The molecule has 2 aliphatic carbocycles. The summed E-state index contributed by atoms with van der Waals surface area (Å²) in [6, 6.07) is 8.65. The summed E-state index contributed by atoms with van der Waals surface area (Å²) in [4.78, 5) is 12.8. The molecule has 0 radical (unpaired) electrons. The van der Waals surface area contributed by atoms with Crippen molar-refractivity contribution in [1.29, 1.82) is 0 Å². The molecule has 5 nitrogen and oxygen atoms in total. The number of hydrogen-bond donors (Lipinski definition) is 1. The lowest BCUT2D eigenvalue weighted by Crippen LogP contribution is -2.23. The van der Waals surface area contributed by atoms with E-state index in [1.807, 2.05) is 25.1 Å². The molecule has 0 saturated heterocycles. The molecule has 2 atom stereocenters. The third-order valence-corrected chi connectivity index (χ3v) is 6.62. The molecular formula is C21H28N4OS. The summed E-state index contributed by atoms with van der Waals surface area (Å²) < 4.78 is 2.30. The smallest absolute Gasteiger partial charge is 0.237 e. The fourth-order valence-electron chi connectivity index (χ4n) is 3.37. The van der Waals surface area contributed by atoms with Crippen LogP contribution in [0.2, 0.25) is 0 Å². The van der Waals surface area contributed by atoms with Gasteiger partial charge in [0.25, 0.3) is 0 Å². The lowest BCUT2D eigenvalue weighted by atomic mass is 9.97. The van der Waals surface area contributed by atoms with Gasteiger partial charge >= 0.3 is 0 Å². The average molecular weight is 385 g/mol. The highest BCUT2D eigenvalue weighted by atomic mass is 32.2.